The number of aliphatic carboxylic acids is 1. The van der Waals surface area contributed by atoms with Crippen LogP contribution in [0.15, 0.2) is 12.1 Å². The summed E-state index contributed by atoms with van der Waals surface area (Å²) < 4.78 is 5.25. The molecule has 0 amide bonds. The zero-order chi connectivity index (χ0) is 15.3. The van der Waals surface area contributed by atoms with Gasteiger partial charge in [-0.2, -0.15) is 0 Å². The molecular weight excluding hydrogens is 258 g/mol. The number of hydrogen-bond donors (Lipinski definition) is 3. The van der Waals surface area contributed by atoms with E-state index in [1.54, 1.807) is 14.2 Å². The van der Waals surface area contributed by atoms with Crippen LogP contribution in [0, 0.1) is 13.8 Å². The molecule has 0 spiro atoms. The Morgan fingerprint density at radius 1 is 1.35 bits per heavy atom. The van der Waals surface area contributed by atoms with E-state index in [0.29, 0.717) is 6.42 Å². The first-order valence-corrected chi connectivity index (χ1v) is 6.63. The zero-order valence-corrected chi connectivity index (χ0v) is 12.4. The number of nitrogens with one attached hydrogen (secondary N) is 1. The third kappa shape index (κ3) is 3.95. The van der Waals surface area contributed by atoms with Crippen molar-refractivity contribution in [3.8, 4) is 5.75 Å². The summed E-state index contributed by atoms with van der Waals surface area (Å²) in [6, 6.07) is 3.49. The highest BCUT2D eigenvalue weighted by molar-refractivity contribution is 5.66. The molecule has 0 saturated carbocycles. The maximum Gasteiger partial charge on any atom is 0.303 e. The smallest absolute Gasteiger partial charge is 0.303 e. The van der Waals surface area contributed by atoms with E-state index in [0.717, 1.165) is 22.4 Å². The fraction of sp³-hybridized carbons (Fsp3) is 0.533. The Hall–Kier alpha value is -1.59. The Bertz CT molecular complexity index is 473. The largest absolute Gasteiger partial charge is 0.496 e. The molecule has 0 aliphatic heterocycles. The van der Waals surface area contributed by atoms with Crippen LogP contribution in [0.5, 0.6) is 5.75 Å². The first-order valence-electron chi connectivity index (χ1n) is 6.63. The van der Waals surface area contributed by atoms with Crippen LogP contribution in [-0.2, 0) is 4.79 Å². The number of benzene rings is 1. The lowest BCUT2D eigenvalue weighted by atomic mass is 9.93. The van der Waals surface area contributed by atoms with Gasteiger partial charge in [-0.3, -0.25) is 4.79 Å². The number of aryl methyl sites for hydroxylation is 2. The third-order valence-corrected chi connectivity index (χ3v) is 3.52. The van der Waals surface area contributed by atoms with E-state index in [-0.39, 0.29) is 12.5 Å². The summed E-state index contributed by atoms with van der Waals surface area (Å²) in [6.07, 6.45) is -0.349. The van der Waals surface area contributed by atoms with E-state index < -0.39 is 12.1 Å². The predicted molar refractivity (Wildman–Crippen MR) is 77.1 cm³/mol. The maximum atomic E-state index is 10.7. The molecule has 0 aromatic heterocycles. The number of methoxy groups -OCH3 is 1. The van der Waals surface area contributed by atoms with Crippen molar-refractivity contribution in [2.75, 3.05) is 14.2 Å². The Morgan fingerprint density at radius 3 is 2.50 bits per heavy atom. The summed E-state index contributed by atoms with van der Waals surface area (Å²) in [5.74, 6) is -0.0786. The van der Waals surface area contributed by atoms with Gasteiger partial charge in [0.15, 0.2) is 0 Å². The average Bonchev–Trinajstić information content (AvgIpc) is 2.40. The quantitative estimate of drug-likeness (QED) is 0.710. The van der Waals surface area contributed by atoms with Crippen LogP contribution < -0.4 is 10.1 Å². The molecule has 1 rings (SSSR count). The van der Waals surface area contributed by atoms with E-state index in [9.17, 15) is 9.90 Å². The van der Waals surface area contributed by atoms with Crippen molar-refractivity contribution in [1.29, 1.82) is 0 Å². The third-order valence-electron chi connectivity index (χ3n) is 3.52. The lowest BCUT2D eigenvalue weighted by molar-refractivity contribution is -0.137. The van der Waals surface area contributed by atoms with Crippen molar-refractivity contribution in [3.63, 3.8) is 0 Å². The lowest BCUT2D eigenvalue weighted by Gasteiger charge is -2.24. The van der Waals surface area contributed by atoms with E-state index in [2.05, 4.69) is 5.32 Å². The molecule has 5 nitrogen and oxygen atoms in total. The minimum Gasteiger partial charge on any atom is -0.496 e. The molecule has 1 aromatic rings. The topological polar surface area (TPSA) is 78.8 Å². The zero-order valence-electron chi connectivity index (χ0n) is 12.4. The normalized spacial score (nSPS) is 13.8. The van der Waals surface area contributed by atoms with E-state index in [1.165, 1.54) is 0 Å². The van der Waals surface area contributed by atoms with Gasteiger partial charge in [0.1, 0.15) is 5.75 Å². The molecule has 0 fully saturated rings. The fourth-order valence-electron chi connectivity index (χ4n) is 2.31. The average molecular weight is 281 g/mol. The highest BCUT2D eigenvalue weighted by atomic mass is 16.5. The molecule has 0 aliphatic rings. The molecule has 0 radical (unpaired) electrons. The summed E-state index contributed by atoms with van der Waals surface area (Å²) in [5, 5.41) is 22.2. The van der Waals surface area contributed by atoms with Crippen LogP contribution in [0.2, 0.25) is 0 Å². The van der Waals surface area contributed by atoms with Crippen molar-refractivity contribution < 1.29 is 19.7 Å². The van der Waals surface area contributed by atoms with Crippen LogP contribution in [0.3, 0.4) is 0 Å². The molecule has 3 N–H and O–H groups in total. The second-order valence-electron chi connectivity index (χ2n) is 4.95. The Morgan fingerprint density at radius 2 is 2.00 bits per heavy atom. The summed E-state index contributed by atoms with van der Waals surface area (Å²) in [5.41, 5.74) is 2.67. The van der Waals surface area contributed by atoms with Crippen molar-refractivity contribution in [2.45, 2.75) is 38.8 Å². The van der Waals surface area contributed by atoms with Crippen molar-refractivity contribution in [1.82, 2.24) is 5.32 Å². The molecular formula is C15H23NO4. The van der Waals surface area contributed by atoms with Gasteiger partial charge >= 0.3 is 5.97 Å². The summed E-state index contributed by atoms with van der Waals surface area (Å²) >= 11 is 0. The van der Waals surface area contributed by atoms with Crippen LogP contribution in [0.4, 0.5) is 0 Å². The number of hydrogen-bond acceptors (Lipinski definition) is 4. The van der Waals surface area contributed by atoms with E-state index in [1.807, 2.05) is 26.0 Å². The van der Waals surface area contributed by atoms with Crippen molar-refractivity contribution in [2.24, 2.45) is 0 Å². The SMILES string of the molecule is CNC(CCC(=O)O)C(O)c1cc(C)c(OC)cc1C. The number of carboxylic acids is 1. The molecule has 0 saturated heterocycles. The monoisotopic (exact) mass is 281 g/mol. The molecule has 112 valence electrons. The first-order chi connectivity index (χ1) is 9.40. The molecule has 0 heterocycles. The van der Waals surface area contributed by atoms with Gasteiger partial charge in [0.25, 0.3) is 0 Å². The second kappa shape index (κ2) is 7.26. The molecule has 1 aromatic carbocycles. The maximum absolute atomic E-state index is 10.7. The number of ether oxygens (including phenoxy) is 1. The van der Waals surface area contributed by atoms with Gasteiger partial charge in [0, 0.05) is 12.5 Å². The highest BCUT2D eigenvalue weighted by Crippen LogP contribution is 2.29. The molecule has 2 atom stereocenters. The number of carbonyl (C=O) groups is 1. The van der Waals surface area contributed by atoms with E-state index >= 15 is 0 Å². The lowest BCUT2D eigenvalue weighted by Crippen LogP contribution is -2.33. The number of carboxylic acid groups (broad SMARTS) is 1. The Kier molecular flexibility index (Phi) is 5.98. The summed E-state index contributed by atoms with van der Waals surface area (Å²) in [4.78, 5) is 10.7. The molecule has 0 aliphatic carbocycles. The van der Waals surface area contributed by atoms with Gasteiger partial charge in [-0.1, -0.05) is 0 Å². The fourth-order valence-corrected chi connectivity index (χ4v) is 2.31. The van der Waals surface area contributed by atoms with Gasteiger partial charge in [0.2, 0.25) is 0 Å². The van der Waals surface area contributed by atoms with Gasteiger partial charge in [-0.05, 0) is 56.1 Å². The van der Waals surface area contributed by atoms with Crippen LogP contribution in [-0.4, -0.2) is 36.4 Å². The van der Waals surface area contributed by atoms with Gasteiger partial charge < -0.3 is 20.3 Å². The Labute approximate surface area is 119 Å². The highest BCUT2D eigenvalue weighted by Gasteiger charge is 2.22. The minimum absolute atomic E-state index is 0.0246. The summed E-state index contributed by atoms with van der Waals surface area (Å²) in [6.45, 7) is 3.82. The minimum atomic E-state index is -0.861. The van der Waals surface area contributed by atoms with Crippen molar-refractivity contribution >= 4 is 5.97 Å². The number of aliphatic hydroxyl groups is 1. The predicted octanol–water partition coefficient (Wildman–Crippen LogP) is 1.80. The van der Waals surface area contributed by atoms with Crippen LogP contribution in [0.25, 0.3) is 0 Å². The number of likely N-dealkylation sites (N-methyl/N-ethyl adjacent to an activating group) is 1. The summed E-state index contributed by atoms with van der Waals surface area (Å²) in [7, 11) is 3.34. The molecule has 0 bridgehead atoms. The van der Waals surface area contributed by atoms with E-state index in [4.69, 9.17) is 9.84 Å². The standard InChI is InChI=1S/C15H23NO4/c1-9-8-13(20-4)10(2)7-11(9)15(19)12(16-3)5-6-14(17)18/h7-8,12,15-16,19H,5-6H2,1-4H3,(H,17,18). The molecule has 5 heteroatoms. The van der Waals surface area contributed by atoms with Crippen molar-refractivity contribution in [3.05, 3.63) is 28.8 Å². The second-order valence-corrected chi connectivity index (χ2v) is 4.95. The molecule has 20 heavy (non-hydrogen) atoms. The van der Waals surface area contributed by atoms with Crippen LogP contribution >= 0.6 is 0 Å². The van der Waals surface area contributed by atoms with Gasteiger partial charge in [0.05, 0.1) is 13.2 Å². The number of aliphatic hydroxyl groups excluding tert-OH is 1. The molecule has 2 unspecified atom stereocenters. The van der Waals surface area contributed by atoms with Gasteiger partial charge in [-0.25, -0.2) is 0 Å². The van der Waals surface area contributed by atoms with Crippen LogP contribution in [0.1, 0.15) is 35.6 Å². The Balaban J connectivity index is 2.97. The van der Waals surface area contributed by atoms with Gasteiger partial charge in [-0.15, -0.1) is 0 Å². The number of rotatable bonds is 7. The first kappa shape index (κ1) is 16.5.